The SMILES string of the molecule is CCC1=C(C)C(=O)[C@@H]2CCCN12. The van der Waals surface area contributed by atoms with E-state index in [4.69, 9.17) is 0 Å². The summed E-state index contributed by atoms with van der Waals surface area (Å²) in [6.45, 7) is 5.20. The molecule has 2 nitrogen and oxygen atoms in total. The van der Waals surface area contributed by atoms with Crippen LogP contribution in [-0.4, -0.2) is 23.3 Å². The third-order valence-electron chi connectivity index (χ3n) is 3.04. The molecular formula is C10H15NO. The van der Waals surface area contributed by atoms with Crippen LogP contribution in [0.25, 0.3) is 0 Å². The van der Waals surface area contributed by atoms with Gasteiger partial charge in [0.15, 0.2) is 5.78 Å². The monoisotopic (exact) mass is 165 g/mol. The lowest BCUT2D eigenvalue weighted by Gasteiger charge is -2.19. The minimum absolute atomic E-state index is 0.222. The van der Waals surface area contributed by atoms with Gasteiger partial charge in [-0.05, 0) is 26.2 Å². The van der Waals surface area contributed by atoms with Crippen LogP contribution < -0.4 is 0 Å². The summed E-state index contributed by atoms with van der Waals surface area (Å²) in [6.07, 6.45) is 3.26. The normalized spacial score (nSPS) is 28.7. The molecule has 12 heavy (non-hydrogen) atoms. The quantitative estimate of drug-likeness (QED) is 0.589. The van der Waals surface area contributed by atoms with E-state index in [1.54, 1.807) is 0 Å². The predicted octanol–water partition coefficient (Wildman–Crippen LogP) is 1.72. The highest BCUT2D eigenvalue weighted by Gasteiger charge is 2.38. The Kier molecular flexibility index (Phi) is 1.71. The average Bonchev–Trinajstić information content (AvgIpc) is 2.59. The summed E-state index contributed by atoms with van der Waals surface area (Å²) in [4.78, 5) is 14.0. The third kappa shape index (κ3) is 0.838. The zero-order chi connectivity index (χ0) is 8.72. The molecule has 0 aromatic carbocycles. The second-order valence-electron chi connectivity index (χ2n) is 3.64. The van der Waals surface area contributed by atoms with Crippen LogP contribution in [0.1, 0.15) is 33.1 Å². The van der Waals surface area contributed by atoms with E-state index in [-0.39, 0.29) is 6.04 Å². The van der Waals surface area contributed by atoms with Gasteiger partial charge in [-0.1, -0.05) is 6.92 Å². The van der Waals surface area contributed by atoms with Crippen molar-refractivity contribution >= 4 is 5.78 Å². The van der Waals surface area contributed by atoms with Crippen LogP contribution in [0.4, 0.5) is 0 Å². The lowest BCUT2D eigenvalue weighted by atomic mass is 10.1. The number of carbonyl (C=O) groups is 1. The smallest absolute Gasteiger partial charge is 0.182 e. The molecule has 2 heterocycles. The molecule has 66 valence electrons. The maximum absolute atomic E-state index is 11.7. The number of nitrogens with zero attached hydrogens (tertiary/aromatic N) is 1. The first-order valence-corrected chi connectivity index (χ1v) is 4.76. The third-order valence-corrected chi connectivity index (χ3v) is 3.04. The van der Waals surface area contributed by atoms with Crippen LogP contribution in [0.2, 0.25) is 0 Å². The molecule has 0 aliphatic carbocycles. The highest BCUT2D eigenvalue weighted by Crippen LogP contribution is 2.34. The zero-order valence-electron chi connectivity index (χ0n) is 7.76. The Morgan fingerprint density at radius 2 is 2.33 bits per heavy atom. The summed E-state index contributed by atoms with van der Waals surface area (Å²) in [5, 5.41) is 0. The number of fused-ring (bicyclic) bond motifs is 1. The minimum atomic E-state index is 0.222. The Labute approximate surface area is 73.2 Å². The highest BCUT2D eigenvalue weighted by atomic mass is 16.1. The van der Waals surface area contributed by atoms with Crippen molar-refractivity contribution < 1.29 is 4.79 Å². The van der Waals surface area contributed by atoms with E-state index in [1.165, 1.54) is 12.1 Å². The molecule has 2 aliphatic rings. The van der Waals surface area contributed by atoms with E-state index in [2.05, 4.69) is 11.8 Å². The van der Waals surface area contributed by atoms with E-state index in [9.17, 15) is 4.79 Å². The molecule has 0 bridgehead atoms. The van der Waals surface area contributed by atoms with E-state index in [1.807, 2.05) is 6.92 Å². The van der Waals surface area contributed by atoms with Gasteiger partial charge in [-0.3, -0.25) is 4.79 Å². The Morgan fingerprint density at radius 3 is 3.00 bits per heavy atom. The summed E-state index contributed by atoms with van der Waals surface area (Å²) in [5.74, 6) is 0.379. The molecule has 2 heteroatoms. The number of ketones is 1. The summed E-state index contributed by atoms with van der Waals surface area (Å²) < 4.78 is 0. The second kappa shape index (κ2) is 2.61. The number of hydrogen-bond donors (Lipinski definition) is 0. The van der Waals surface area contributed by atoms with Gasteiger partial charge in [-0.2, -0.15) is 0 Å². The predicted molar refractivity (Wildman–Crippen MR) is 47.7 cm³/mol. The fraction of sp³-hybridized carbons (Fsp3) is 0.700. The lowest BCUT2D eigenvalue weighted by molar-refractivity contribution is -0.117. The molecule has 2 rings (SSSR count). The van der Waals surface area contributed by atoms with Crippen LogP contribution >= 0.6 is 0 Å². The molecule has 0 saturated carbocycles. The molecule has 1 fully saturated rings. The molecule has 1 saturated heterocycles. The number of carbonyl (C=O) groups excluding carboxylic acids is 1. The maximum atomic E-state index is 11.7. The molecule has 2 aliphatic heterocycles. The van der Waals surface area contributed by atoms with Crippen LogP contribution in [-0.2, 0) is 4.79 Å². The Bertz CT molecular complexity index is 255. The van der Waals surface area contributed by atoms with Gasteiger partial charge in [0.2, 0.25) is 0 Å². The molecule has 0 aromatic heterocycles. The fourth-order valence-electron chi connectivity index (χ4n) is 2.44. The number of hydrogen-bond acceptors (Lipinski definition) is 2. The average molecular weight is 165 g/mol. The number of allylic oxidation sites excluding steroid dienone is 1. The highest BCUT2D eigenvalue weighted by molar-refractivity contribution is 6.02. The van der Waals surface area contributed by atoms with Gasteiger partial charge in [0, 0.05) is 17.8 Å². The first-order chi connectivity index (χ1) is 5.75. The summed E-state index contributed by atoms with van der Waals surface area (Å²) in [5.41, 5.74) is 2.31. The zero-order valence-corrected chi connectivity index (χ0v) is 7.76. The van der Waals surface area contributed by atoms with Gasteiger partial charge in [-0.25, -0.2) is 0 Å². The first kappa shape index (κ1) is 7.84. The maximum Gasteiger partial charge on any atom is 0.182 e. The van der Waals surface area contributed by atoms with Crippen LogP contribution in [0.5, 0.6) is 0 Å². The van der Waals surface area contributed by atoms with E-state index in [0.717, 1.165) is 25.0 Å². The summed E-state index contributed by atoms with van der Waals surface area (Å²) in [7, 11) is 0. The van der Waals surface area contributed by atoms with Crippen molar-refractivity contribution in [3.8, 4) is 0 Å². The van der Waals surface area contributed by atoms with Gasteiger partial charge >= 0.3 is 0 Å². The van der Waals surface area contributed by atoms with Gasteiger partial charge in [-0.15, -0.1) is 0 Å². The molecule has 0 aromatic rings. The van der Waals surface area contributed by atoms with Crippen molar-refractivity contribution in [1.29, 1.82) is 0 Å². The van der Waals surface area contributed by atoms with Gasteiger partial charge < -0.3 is 4.90 Å². The van der Waals surface area contributed by atoms with Crippen molar-refractivity contribution in [1.82, 2.24) is 4.90 Å². The summed E-state index contributed by atoms with van der Waals surface area (Å²) >= 11 is 0. The number of rotatable bonds is 1. The van der Waals surface area contributed by atoms with Crippen LogP contribution in [0.15, 0.2) is 11.3 Å². The van der Waals surface area contributed by atoms with Crippen molar-refractivity contribution in [2.75, 3.05) is 6.54 Å². The van der Waals surface area contributed by atoms with Crippen molar-refractivity contribution in [3.05, 3.63) is 11.3 Å². The van der Waals surface area contributed by atoms with Crippen LogP contribution in [0, 0.1) is 0 Å². The van der Waals surface area contributed by atoms with Crippen molar-refractivity contribution in [2.45, 2.75) is 39.2 Å². The Hall–Kier alpha value is -0.790. The lowest BCUT2D eigenvalue weighted by Crippen LogP contribution is -2.27. The van der Waals surface area contributed by atoms with Gasteiger partial charge in [0.1, 0.15) is 0 Å². The van der Waals surface area contributed by atoms with Crippen molar-refractivity contribution in [3.63, 3.8) is 0 Å². The molecule has 1 atom stereocenters. The van der Waals surface area contributed by atoms with E-state index in [0.29, 0.717) is 5.78 Å². The molecular weight excluding hydrogens is 150 g/mol. The molecule has 0 unspecified atom stereocenters. The van der Waals surface area contributed by atoms with E-state index < -0.39 is 0 Å². The standard InChI is InChI=1S/C10H15NO/c1-3-8-7(2)10(12)9-5-4-6-11(8)9/h9H,3-6H2,1-2H3/t9-/m0/s1. The molecule has 0 spiro atoms. The fourth-order valence-corrected chi connectivity index (χ4v) is 2.44. The minimum Gasteiger partial charge on any atom is -0.364 e. The van der Waals surface area contributed by atoms with Gasteiger partial charge in [0.05, 0.1) is 6.04 Å². The molecule has 0 amide bonds. The molecule has 0 N–H and O–H groups in total. The summed E-state index contributed by atoms with van der Waals surface area (Å²) in [6, 6.07) is 0.222. The largest absolute Gasteiger partial charge is 0.364 e. The number of Topliss-reactive ketones (excluding diaryl/α,β-unsaturated/α-hetero) is 1. The first-order valence-electron chi connectivity index (χ1n) is 4.76. The Morgan fingerprint density at radius 1 is 1.58 bits per heavy atom. The van der Waals surface area contributed by atoms with Crippen molar-refractivity contribution in [2.24, 2.45) is 0 Å². The van der Waals surface area contributed by atoms with E-state index >= 15 is 0 Å². The van der Waals surface area contributed by atoms with Gasteiger partial charge in [0.25, 0.3) is 0 Å². The second-order valence-corrected chi connectivity index (χ2v) is 3.64. The molecule has 0 radical (unpaired) electrons. The van der Waals surface area contributed by atoms with Crippen LogP contribution in [0.3, 0.4) is 0 Å². The Balaban J connectivity index is 2.34. The topological polar surface area (TPSA) is 20.3 Å².